The number of hydrogen-bond acceptors (Lipinski definition) is 3. The first kappa shape index (κ1) is 20.2. The molecule has 0 saturated heterocycles. The first-order chi connectivity index (χ1) is 13.3. The number of benzene rings is 2. The molecule has 0 aliphatic rings. The third-order valence-corrected chi connectivity index (χ3v) is 4.70. The zero-order valence-electron chi connectivity index (χ0n) is 15.2. The van der Waals surface area contributed by atoms with Crippen molar-refractivity contribution in [3.05, 3.63) is 82.1 Å². The molecule has 0 bridgehead atoms. The van der Waals surface area contributed by atoms with Crippen molar-refractivity contribution in [3.8, 4) is 5.75 Å². The average molecular weight is 422 g/mol. The van der Waals surface area contributed by atoms with E-state index in [1.807, 2.05) is 7.05 Å². The van der Waals surface area contributed by atoms with Crippen LogP contribution in [0.1, 0.15) is 24.4 Å². The van der Waals surface area contributed by atoms with E-state index in [1.165, 1.54) is 18.2 Å². The Hall–Kier alpha value is -2.57. The monoisotopic (exact) mass is 421 g/mol. The molecule has 146 valence electrons. The number of amides is 1. The van der Waals surface area contributed by atoms with Crippen molar-refractivity contribution in [2.75, 3.05) is 0 Å². The van der Waals surface area contributed by atoms with E-state index in [-0.39, 0.29) is 11.7 Å². The summed E-state index contributed by atoms with van der Waals surface area (Å²) in [6.45, 7) is 1.61. The number of ether oxygens (including phenoxy) is 1. The molecule has 2 unspecified atom stereocenters. The number of hydrogen-bond donors (Lipinski definition) is 1. The van der Waals surface area contributed by atoms with E-state index in [0.29, 0.717) is 27.2 Å². The molecule has 5 nitrogen and oxygen atoms in total. The Morgan fingerprint density at radius 3 is 2.54 bits per heavy atom. The molecule has 1 N–H and O–H groups in total. The fourth-order valence-electron chi connectivity index (χ4n) is 2.68. The van der Waals surface area contributed by atoms with Gasteiger partial charge in [0.1, 0.15) is 23.4 Å². The molecule has 1 amide bonds. The Labute approximate surface area is 172 Å². The van der Waals surface area contributed by atoms with Gasteiger partial charge in [-0.25, -0.2) is 9.37 Å². The Balaban J connectivity index is 1.80. The predicted octanol–water partition coefficient (Wildman–Crippen LogP) is 4.54. The molecule has 0 aliphatic carbocycles. The lowest BCUT2D eigenvalue weighted by atomic mass is 10.1. The van der Waals surface area contributed by atoms with Gasteiger partial charge < -0.3 is 14.6 Å². The van der Waals surface area contributed by atoms with Crippen LogP contribution < -0.4 is 10.1 Å². The summed E-state index contributed by atoms with van der Waals surface area (Å²) < 4.78 is 20.8. The number of halogens is 3. The minimum atomic E-state index is -0.832. The van der Waals surface area contributed by atoms with Gasteiger partial charge >= 0.3 is 0 Å². The number of carbonyl (C=O) groups excluding carboxylic acids is 1. The van der Waals surface area contributed by atoms with Crippen LogP contribution >= 0.6 is 23.2 Å². The van der Waals surface area contributed by atoms with Gasteiger partial charge in [-0.1, -0.05) is 35.3 Å². The van der Waals surface area contributed by atoms with Crippen LogP contribution in [0, 0.1) is 5.82 Å². The van der Waals surface area contributed by atoms with Gasteiger partial charge in [0.15, 0.2) is 6.10 Å². The summed E-state index contributed by atoms with van der Waals surface area (Å²) in [6, 6.07) is 10.1. The average Bonchev–Trinajstić information content (AvgIpc) is 3.08. The Kier molecular flexibility index (Phi) is 6.21. The van der Waals surface area contributed by atoms with E-state index in [2.05, 4.69) is 10.3 Å². The van der Waals surface area contributed by atoms with E-state index >= 15 is 0 Å². The van der Waals surface area contributed by atoms with Crippen molar-refractivity contribution < 1.29 is 13.9 Å². The normalized spacial score (nSPS) is 13.0. The van der Waals surface area contributed by atoms with E-state index in [0.717, 1.165) is 0 Å². The Morgan fingerprint density at radius 2 is 1.93 bits per heavy atom. The number of nitrogens with one attached hydrogen (secondary N) is 1. The summed E-state index contributed by atoms with van der Waals surface area (Å²) in [4.78, 5) is 17.1. The maximum atomic E-state index is 13.3. The van der Waals surface area contributed by atoms with Crippen LogP contribution in [-0.2, 0) is 11.8 Å². The van der Waals surface area contributed by atoms with Crippen molar-refractivity contribution in [2.24, 2.45) is 7.05 Å². The lowest BCUT2D eigenvalue weighted by molar-refractivity contribution is -0.127. The summed E-state index contributed by atoms with van der Waals surface area (Å²) in [5.41, 5.74) is 0.695. The number of rotatable bonds is 6. The molecule has 2 atom stereocenters. The van der Waals surface area contributed by atoms with Crippen molar-refractivity contribution in [3.63, 3.8) is 0 Å². The highest BCUT2D eigenvalue weighted by Gasteiger charge is 2.25. The highest BCUT2D eigenvalue weighted by molar-refractivity contribution is 6.35. The van der Waals surface area contributed by atoms with Crippen LogP contribution in [0.5, 0.6) is 5.75 Å². The molecular formula is C20H18Cl2FN3O2. The number of aromatic nitrogens is 2. The molecule has 3 aromatic rings. The standard InChI is InChI=1S/C20H18Cl2FN3O2/c1-12(28-17-8-5-14(21)11-16(17)22)20(27)25-18(19-24-9-10-26(19)2)13-3-6-15(23)7-4-13/h3-12,18H,1-2H3,(H,25,27). The molecular weight excluding hydrogens is 404 g/mol. The minimum Gasteiger partial charge on any atom is -0.479 e. The van der Waals surface area contributed by atoms with Gasteiger partial charge in [0.05, 0.1) is 5.02 Å². The third kappa shape index (κ3) is 4.64. The second-order valence-corrected chi connectivity index (χ2v) is 7.07. The number of imidazole rings is 1. The molecule has 3 rings (SSSR count). The third-order valence-electron chi connectivity index (χ3n) is 4.17. The smallest absolute Gasteiger partial charge is 0.261 e. The van der Waals surface area contributed by atoms with Gasteiger partial charge in [-0.2, -0.15) is 0 Å². The SMILES string of the molecule is CC(Oc1ccc(Cl)cc1Cl)C(=O)NC(c1ccc(F)cc1)c1nccn1C. The Bertz CT molecular complexity index is 976. The van der Waals surface area contributed by atoms with Gasteiger partial charge in [0.25, 0.3) is 5.91 Å². The largest absolute Gasteiger partial charge is 0.479 e. The maximum Gasteiger partial charge on any atom is 0.261 e. The second kappa shape index (κ2) is 8.63. The zero-order valence-corrected chi connectivity index (χ0v) is 16.7. The van der Waals surface area contributed by atoms with Crippen molar-refractivity contribution >= 4 is 29.1 Å². The molecule has 0 spiro atoms. The quantitative estimate of drug-likeness (QED) is 0.635. The second-order valence-electron chi connectivity index (χ2n) is 6.22. The van der Waals surface area contributed by atoms with E-state index in [4.69, 9.17) is 27.9 Å². The van der Waals surface area contributed by atoms with E-state index < -0.39 is 12.1 Å². The summed E-state index contributed by atoms with van der Waals surface area (Å²) in [5, 5.41) is 3.69. The van der Waals surface area contributed by atoms with Crippen molar-refractivity contribution in [2.45, 2.75) is 19.1 Å². The summed E-state index contributed by atoms with van der Waals surface area (Å²) >= 11 is 12.0. The van der Waals surface area contributed by atoms with Gasteiger partial charge in [-0.15, -0.1) is 0 Å². The van der Waals surface area contributed by atoms with Crippen molar-refractivity contribution in [1.82, 2.24) is 14.9 Å². The number of nitrogens with zero attached hydrogens (tertiary/aromatic N) is 2. The van der Waals surface area contributed by atoms with Gasteiger partial charge in [-0.3, -0.25) is 4.79 Å². The summed E-state index contributed by atoms with van der Waals surface area (Å²) in [7, 11) is 1.82. The molecule has 2 aromatic carbocycles. The highest BCUT2D eigenvalue weighted by atomic mass is 35.5. The maximum absolute atomic E-state index is 13.3. The lowest BCUT2D eigenvalue weighted by Crippen LogP contribution is -2.39. The van der Waals surface area contributed by atoms with Crippen LogP contribution in [-0.4, -0.2) is 21.6 Å². The predicted molar refractivity (Wildman–Crippen MR) is 106 cm³/mol. The molecule has 8 heteroatoms. The van der Waals surface area contributed by atoms with Gasteiger partial charge in [-0.05, 0) is 42.8 Å². The van der Waals surface area contributed by atoms with Crippen LogP contribution in [0.2, 0.25) is 10.0 Å². The van der Waals surface area contributed by atoms with Crippen LogP contribution in [0.3, 0.4) is 0 Å². The molecule has 1 heterocycles. The van der Waals surface area contributed by atoms with Crippen LogP contribution in [0.4, 0.5) is 4.39 Å². The molecule has 0 radical (unpaired) electrons. The van der Waals surface area contributed by atoms with Crippen LogP contribution in [0.15, 0.2) is 54.9 Å². The topological polar surface area (TPSA) is 56.1 Å². The van der Waals surface area contributed by atoms with E-state index in [1.54, 1.807) is 48.1 Å². The molecule has 0 aliphatic heterocycles. The fourth-order valence-corrected chi connectivity index (χ4v) is 3.13. The summed E-state index contributed by atoms with van der Waals surface area (Å²) in [5.74, 6) is 0.229. The summed E-state index contributed by atoms with van der Waals surface area (Å²) in [6.07, 6.45) is 2.57. The molecule has 1 aromatic heterocycles. The van der Waals surface area contributed by atoms with E-state index in [9.17, 15) is 9.18 Å². The first-order valence-corrected chi connectivity index (χ1v) is 9.25. The molecule has 0 saturated carbocycles. The molecule has 0 fully saturated rings. The van der Waals surface area contributed by atoms with Gasteiger partial charge in [0.2, 0.25) is 0 Å². The number of aryl methyl sites for hydroxylation is 1. The van der Waals surface area contributed by atoms with Gasteiger partial charge in [0, 0.05) is 24.5 Å². The molecule has 28 heavy (non-hydrogen) atoms. The minimum absolute atomic E-state index is 0.311. The van der Waals surface area contributed by atoms with Crippen LogP contribution in [0.25, 0.3) is 0 Å². The highest BCUT2D eigenvalue weighted by Crippen LogP contribution is 2.28. The van der Waals surface area contributed by atoms with Crippen molar-refractivity contribution in [1.29, 1.82) is 0 Å². The fraction of sp³-hybridized carbons (Fsp3) is 0.200. The Morgan fingerprint density at radius 1 is 1.21 bits per heavy atom. The zero-order chi connectivity index (χ0) is 20.3. The number of carbonyl (C=O) groups is 1. The lowest BCUT2D eigenvalue weighted by Gasteiger charge is -2.22. The first-order valence-electron chi connectivity index (χ1n) is 8.50.